The minimum absolute atomic E-state index is 0.386. The number of pyridine rings is 1. The van der Waals surface area contributed by atoms with Crippen LogP contribution >= 0.6 is 0 Å². The van der Waals surface area contributed by atoms with E-state index in [4.69, 9.17) is 10.5 Å². The molecule has 5 heteroatoms. The second-order valence-corrected chi connectivity index (χ2v) is 4.66. The predicted molar refractivity (Wildman–Crippen MR) is 75.3 cm³/mol. The van der Waals surface area contributed by atoms with Gasteiger partial charge in [-0.25, -0.2) is 4.79 Å². The molecule has 2 aromatic rings. The molecule has 1 heterocycles. The molecule has 0 saturated carbocycles. The van der Waals surface area contributed by atoms with Gasteiger partial charge in [0.1, 0.15) is 0 Å². The quantitative estimate of drug-likeness (QED) is 0.865. The fourth-order valence-electron chi connectivity index (χ4n) is 2.11. The van der Waals surface area contributed by atoms with E-state index in [0.717, 1.165) is 16.5 Å². The first-order chi connectivity index (χ1) is 9.41. The molecule has 0 radical (unpaired) electrons. The van der Waals surface area contributed by atoms with Crippen molar-refractivity contribution in [1.29, 1.82) is 0 Å². The zero-order valence-corrected chi connectivity index (χ0v) is 11.6. The Bertz CT molecular complexity index is 695. The minimum atomic E-state index is -0.965. The highest BCUT2D eigenvalue weighted by Gasteiger charge is 2.21. The zero-order valence-electron chi connectivity index (χ0n) is 11.6. The summed E-state index contributed by atoms with van der Waals surface area (Å²) in [4.78, 5) is 27.5. The number of nitrogens with two attached hydrogens (primary N) is 1. The van der Waals surface area contributed by atoms with E-state index in [-0.39, 0.29) is 0 Å². The van der Waals surface area contributed by atoms with Gasteiger partial charge in [-0.1, -0.05) is 18.2 Å². The van der Waals surface area contributed by atoms with E-state index in [2.05, 4.69) is 4.98 Å². The minimum Gasteiger partial charge on any atom is -0.449 e. The van der Waals surface area contributed by atoms with Gasteiger partial charge in [0.15, 0.2) is 6.10 Å². The maximum atomic E-state index is 12.2. The van der Waals surface area contributed by atoms with Gasteiger partial charge in [-0.3, -0.25) is 9.78 Å². The van der Waals surface area contributed by atoms with Crippen molar-refractivity contribution in [2.45, 2.75) is 26.9 Å². The summed E-state index contributed by atoms with van der Waals surface area (Å²) in [6.07, 6.45) is -0.965. The molecule has 2 N–H and O–H groups in total. The molecule has 0 saturated heterocycles. The molecule has 0 spiro atoms. The lowest BCUT2D eigenvalue weighted by atomic mass is 10.0. The van der Waals surface area contributed by atoms with Gasteiger partial charge < -0.3 is 10.5 Å². The molecule has 104 valence electrons. The maximum absolute atomic E-state index is 12.2. The smallest absolute Gasteiger partial charge is 0.341 e. The number of amides is 1. The molecule has 0 unspecified atom stereocenters. The Labute approximate surface area is 116 Å². The molecular formula is C15H16N2O3. The third kappa shape index (κ3) is 2.47. The van der Waals surface area contributed by atoms with Crippen molar-refractivity contribution in [2.24, 2.45) is 5.73 Å². The molecule has 0 bridgehead atoms. The topological polar surface area (TPSA) is 82.3 Å². The van der Waals surface area contributed by atoms with E-state index < -0.39 is 18.0 Å². The summed E-state index contributed by atoms with van der Waals surface area (Å²) in [6.45, 7) is 5.02. The molecule has 20 heavy (non-hydrogen) atoms. The van der Waals surface area contributed by atoms with Crippen LogP contribution in [0.5, 0.6) is 0 Å². The van der Waals surface area contributed by atoms with Crippen LogP contribution in [-0.4, -0.2) is 23.0 Å². The van der Waals surface area contributed by atoms with Crippen molar-refractivity contribution in [1.82, 2.24) is 4.98 Å². The van der Waals surface area contributed by atoms with Crippen LogP contribution in [0.1, 0.15) is 28.5 Å². The molecule has 0 fully saturated rings. The normalized spacial score (nSPS) is 12.2. The van der Waals surface area contributed by atoms with Gasteiger partial charge in [0.25, 0.3) is 5.91 Å². The van der Waals surface area contributed by atoms with Crippen molar-refractivity contribution in [3.63, 3.8) is 0 Å². The fraction of sp³-hybridized carbons (Fsp3) is 0.267. The van der Waals surface area contributed by atoms with Crippen LogP contribution < -0.4 is 5.73 Å². The lowest BCUT2D eigenvalue weighted by Crippen LogP contribution is -2.31. The Hall–Kier alpha value is -2.43. The number of esters is 1. The number of benzene rings is 1. The van der Waals surface area contributed by atoms with Crippen LogP contribution in [0.25, 0.3) is 10.9 Å². The number of hydrogen-bond acceptors (Lipinski definition) is 4. The van der Waals surface area contributed by atoms with Crippen LogP contribution in [0.3, 0.4) is 0 Å². The first-order valence-electron chi connectivity index (χ1n) is 6.28. The second kappa shape index (κ2) is 5.28. The van der Waals surface area contributed by atoms with Gasteiger partial charge in [0.2, 0.25) is 0 Å². The number of para-hydroxylation sites is 1. The van der Waals surface area contributed by atoms with Gasteiger partial charge in [-0.15, -0.1) is 0 Å². The number of carbonyl (C=O) groups excluding carboxylic acids is 2. The van der Waals surface area contributed by atoms with Crippen molar-refractivity contribution in [3.05, 3.63) is 41.1 Å². The monoisotopic (exact) mass is 272 g/mol. The Balaban J connectivity index is 2.49. The number of carbonyl (C=O) groups is 2. The second-order valence-electron chi connectivity index (χ2n) is 4.66. The van der Waals surface area contributed by atoms with Crippen LogP contribution in [0.4, 0.5) is 0 Å². The summed E-state index contributed by atoms with van der Waals surface area (Å²) >= 11 is 0. The average molecular weight is 272 g/mol. The number of aryl methyl sites for hydroxylation is 2. The first kappa shape index (κ1) is 14.0. The van der Waals surface area contributed by atoms with Crippen molar-refractivity contribution < 1.29 is 14.3 Å². The third-order valence-electron chi connectivity index (χ3n) is 3.22. The summed E-state index contributed by atoms with van der Waals surface area (Å²) in [7, 11) is 0. The molecule has 2 rings (SSSR count). The van der Waals surface area contributed by atoms with Gasteiger partial charge in [0, 0.05) is 5.39 Å². The molecule has 1 atom stereocenters. The van der Waals surface area contributed by atoms with Crippen molar-refractivity contribution >= 4 is 22.8 Å². The van der Waals surface area contributed by atoms with Gasteiger partial charge in [-0.05, 0) is 32.4 Å². The Morgan fingerprint density at radius 1 is 1.25 bits per heavy atom. The molecule has 5 nitrogen and oxygen atoms in total. The van der Waals surface area contributed by atoms with Crippen LogP contribution in [0.15, 0.2) is 24.3 Å². The van der Waals surface area contributed by atoms with Crippen LogP contribution in [-0.2, 0) is 9.53 Å². The number of primary amides is 1. The molecule has 0 aliphatic heterocycles. The highest BCUT2D eigenvalue weighted by Crippen LogP contribution is 2.23. The number of aromatic nitrogens is 1. The van der Waals surface area contributed by atoms with E-state index in [9.17, 15) is 9.59 Å². The van der Waals surface area contributed by atoms with E-state index in [0.29, 0.717) is 11.3 Å². The third-order valence-corrected chi connectivity index (χ3v) is 3.22. The summed E-state index contributed by atoms with van der Waals surface area (Å²) in [5, 5.41) is 0.886. The fourth-order valence-corrected chi connectivity index (χ4v) is 2.11. The van der Waals surface area contributed by atoms with E-state index >= 15 is 0 Å². The standard InChI is InChI=1S/C15H16N2O3/c1-8-11-6-4-5-7-12(11)17-9(2)13(8)15(19)20-10(3)14(16)18/h4-7,10H,1-3H3,(H2,16,18)/t10-/m1/s1. The van der Waals surface area contributed by atoms with Crippen LogP contribution in [0.2, 0.25) is 0 Å². The predicted octanol–water partition coefficient (Wildman–Crippen LogP) is 1.88. The van der Waals surface area contributed by atoms with Crippen molar-refractivity contribution in [2.75, 3.05) is 0 Å². The number of nitrogens with zero attached hydrogens (tertiary/aromatic N) is 1. The number of fused-ring (bicyclic) bond motifs is 1. The summed E-state index contributed by atoms with van der Waals surface area (Å²) in [5.41, 5.74) is 7.66. The number of ether oxygens (including phenoxy) is 1. The first-order valence-corrected chi connectivity index (χ1v) is 6.28. The van der Waals surface area contributed by atoms with E-state index in [1.54, 1.807) is 6.92 Å². The Kier molecular flexibility index (Phi) is 3.70. The number of rotatable bonds is 3. The number of hydrogen-bond donors (Lipinski definition) is 1. The molecule has 1 amide bonds. The van der Waals surface area contributed by atoms with Gasteiger partial charge in [-0.2, -0.15) is 0 Å². The zero-order chi connectivity index (χ0) is 14.9. The summed E-state index contributed by atoms with van der Waals surface area (Å²) < 4.78 is 5.05. The highest BCUT2D eigenvalue weighted by atomic mass is 16.5. The molecular weight excluding hydrogens is 256 g/mol. The largest absolute Gasteiger partial charge is 0.449 e. The molecule has 1 aromatic heterocycles. The van der Waals surface area contributed by atoms with Crippen LogP contribution in [0, 0.1) is 13.8 Å². The molecule has 0 aliphatic rings. The summed E-state index contributed by atoms with van der Waals surface area (Å²) in [5.74, 6) is -1.26. The molecule has 0 aliphatic carbocycles. The van der Waals surface area contributed by atoms with Crippen molar-refractivity contribution in [3.8, 4) is 0 Å². The molecule has 1 aromatic carbocycles. The van der Waals surface area contributed by atoms with Gasteiger partial charge in [0.05, 0.1) is 16.8 Å². The Morgan fingerprint density at radius 2 is 1.90 bits per heavy atom. The lowest BCUT2D eigenvalue weighted by Gasteiger charge is -2.14. The lowest BCUT2D eigenvalue weighted by molar-refractivity contribution is -0.125. The van der Waals surface area contributed by atoms with E-state index in [1.165, 1.54) is 6.92 Å². The average Bonchev–Trinajstić information content (AvgIpc) is 2.38. The Morgan fingerprint density at radius 3 is 2.55 bits per heavy atom. The van der Waals surface area contributed by atoms with E-state index in [1.807, 2.05) is 31.2 Å². The van der Waals surface area contributed by atoms with Gasteiger partial charge >= 0.3 is 5.97 Å². The summed E-state index contributed by atoms with van der Waals surface area (Å²) in [6, 6.07) is 7.55. The SMILES string of the molecule is Cc1nc2ccccc2c(C)c1C(=O)O[C@H](C)C(N)=O. The highest BCUT2D eigenvalue weighted by molar-refractivity contribution is 5.99. The maximum Gasteiger partial charge on any atom is 0.341 e.